The molecule has 2 aromatic heterocycles. The van der Waals surface area contributed by atoms with Crippen molar-refractivity contribution in [2.45, 2.75) is 0 Å². The molecule has 88 valence electrons. The van der Waals surface area contributed by atoms with E-state index in [1.807, 2.05) is 18.2 Å². The number of halogens is 1. The summed E-state index contributed by atoms with van der Waals surface area (Å²) in [7, 11) is 0. The highest BCUT2D eigenvalue weighted by Gasteiger charge is 2.17. The Labute approximate surface area is 102 Å². The topological polar surface area (TPSA) is 43.1 Å². The first-order chi connectivity index (χ1) is 8.75. The van der Waals surface area contributed by atoms with E-state index in [1.54, 1.807) is 12.1 Å². The highest BCUT2D eigenvalue weighted by Crippen LogP contribution is 2.21. The average Bonchev–Trinajstić information content (AvgIpc) is 2.82. The van der Waals surface area contributed by atoms with Crippen LogP contribution in [0.5, 0.6) is 0 Å². The van der Waals surface area contributed by atoms with Gasteiger partial charge in [0, 0.05) is 11.6 Å². The molecule has 18 heavy (non-hydrogen) atoms. The van der Waals surface area contributed by atoms with Gasteiger partial charge in [0.15, 0.2) is 11.6 Å². The van der Waals surface area contributed by atoms with E-state index >= 15 is 0 Å². The summed E-state index contributed by atoms with van der Waals surface area (Å²) >= 11 is 0. The number of benzene rings is 1. The summed E-state index contributed by atoms with van der Waals surface area (Å²) in [5.74, 6) is -1.00. The zero-order valence-corrected chi connectivity index (χ0v) is 9.26. The summed E-state index contributed by atoms with van der Waals surface area (Å²) in [6.07, 6.45) is 2.38. The number of nitrogens with zero attached hydrogens (tertiary/aromatic N) is 1. The molecule has 0 aliphatic rings. The minimum Gasteiger partial charge on any atom is -0.453 e. The average molecular weight is 241 g/mol. The minimum atomic E-state index is -0.650. The van der Waals surface area contributed by atoms with Crippen LogP contribution in [0.3, 0.4) is 0 Å². The molecule has 0 N–H and O–H groups in total. The maximum atomic E-state index is 13.5. The second-order valence-corrected chi connectivity index (χ2v) is 3.83. The van der Waals surface area contributed by atoms with Crippen LogP contribution in [0.25, 0.3) is 11.0 Å². The molecule has 1 aromatic carbocycles. The SMILES string of the molecule is O=C(c1cc2ccccc2o1)c1ccncc1F. The summed E-state index contributed by atoms with van der Waals surface area (Å²) in [4.78, 5) is 15.7. The molecule has 0 saturated heterocycles. The lowest BCUT2D eigenvalue weighted by atomic mass is 10.1. The van der Waals surface area contributed by atoms with Crippen LogP contribution < -0.4 is 0 Å². The number of rotatable bonds is 2. The van der Waals surface area contributed by atoms with Gasteiger partial charge in [-0.25, -0.2) is 4.39 Å². The first-order valence-electron chi connectivity index (χ1n) is 5.38. The fourth-order valence-electron chi connectivity index (χ4n) is 1.79. The minimum absolute atomic E-state index is 0.0379. The third-order valence-corrected chi connectivity index (χ3v) is 2.67. The molecule has 0 aliphatic carbocycles. The van der Waals surface area contributed by atoms with Crippen molar-refractivity contribution in [1.82, 2.24) is 4.98 Å². The summed E-state index contributed by atoms with van der Waals surface area (Å²) < 4.78 is 18.9. The molecule has 2 heterocycles. The van der Waals surface area contributed by atoms with Crippen molar-refractivity contribution in [2.75, 3.05) is 0 Å². The summed E-state index contributed by atoms with van der Waals surface area (Å²) in [5.41, 5.74) is 0.569. The molecule has 3 aromatic rings. The monoisotopic (exact) mass is 241 g/mol. The van der Waals surface area contributed by atoms with Gasteiger partial charge >= 0.3 is 0 Å². The molecular weight excluding hydrogens is 233 g/mol. The predicted octanol–water partition coefficient (Wildman–Crippen LogP) is 3.20. The molecule has 0 fully saturated rings. The van der Waals surface area contributed by atoms with Gasteiger partial charge in [-0.2, -0.15) is 0 Å². The first-order valence-corrected chi connectivity index (χ1v) is 5.38. The van der Waals surface area contributed by atoms with Crippen molar-refractivity contribution in [3.63, 3.8) is 0 Å². The zero-order valence-electron chi connectivity index (χ0n) is 9.26. The number of para-hydroxylation sites is 1. The molecule has 0 atom stereocenters. The Morgan fingerprint density at radius 1 is 1.22 bits per heavy atom. The fourth-order valence-corrected chi connectivity index (χ4v) is 1.79. The van der Waals surface area contributed by atoms with Gasteiger partial charge in [-0.1, -0.05) is 18.2 Å². The van der Waals surface area contributed by atoms with Crippen molar-refractivity contribution < 1.29 is 13.6 Å². The number of hydrogen-bond donors (Lipinski definition) is 0. The van der Waals surface area contributed by atoms with Crippen LogP contribution in [0.1, 0.15) is 16.1 Å². The number of carbonyl (C=O) groups is 1. The molecule has 0 bridgehead atoms. The normalized spacial score (nSPS) is 10.7. The Kier molecular flexibility index (Phi) is 2.41. The first kappa shape index (κ1) is 10.7. The van der Waals surface area contributed by atoms with E-state index in [9.17, 15) is 9.18 Å². The molecule has 0 amide bonds. The third-order valence-electron chi connectivity index (χ3n) is 2.67. The molecule has 0 saturated carbocycles. The fraction of sp³-hybridized carbons (Fsp3) is 0. The van der Waals surface area contributed by atoms with Gasteiger partial charge < -0.3 is 4.42 Å². The number of fused-ring (bicyclic) bond motifs is 1. The number of pyridine rings is 1. The summed E-state index contributed by atoms with van der Waals surface area (Å²) in [6.45, 7) is 0. The molecule has 4 heteroatoms. The Bertz CT molecular complexity index is 700. The Hall–Kier alpha value is -2.49. The van der Waals surface area contributed by atoms with Crippen LogP contribution >= 0.6 is 0 Å². The highest BCUT2D eigenvalue weighted by molar-refractivity contribution is 6.09. The van der Waals surface area contributed by atoms with Crippen molar-refractivity contribution in [3.8, 4) is 0 Å². The quantitative estimate of drug-likeness (QED) is 0.647. The molecule has 3 nitrogen and oxygen atoms in total. The largest absolute Gasteiger partial charge is 0.453 e. The second-order valence-electron chi connectivity index (χ2n) is 3.83. The van der Waals surface area contributed by atoms with Crippen LogP contribution in [0, 0.1) is 5.82 Å². The number of furan rings is 1. The number of hydrogen-bond acceptors (Lipinski definition) is 3. The lowest BCUT2D eigenvalue weighted by Gasteiger charge is -1.97. The van der Waals surface area contributed by atoms with Crippen LogP contribution in [0.15, 0.2) is 53.2 Å². The van der Waals surface area contributed by atoms with Gasteiger partial charge in [-0.3, -0.25) is 9.78 Å². The van der Waals surface area contributed by atoms with Gasteiger partial charge in [0.05, 0.1) is 11.8 Å². The molecule has 0 spiro atoms. The molecule has 3 rings (SSSR count). The maximum absolute atomic E-state index is 13.5. The number of ketones is 1. The molecule has 0 radical (unpaired) electrons. The van der Waals surface area contributed by atoms with E-state index in [-0.39, 0.29) is 11.3 Å². The van der Waals surface area contributed by atoms with Crippen molar-refractivity contribution >= 4 is 16.8 Å². The Morgan fingerprint density at radius 3 is 2.83 bits per heavy atom. The Balaban J connectivity index is 2.10. The van der Waals surface area contributed by atoms with Crippen LogP contribution in [-0.4, -0.2) is 10.8 Å². The number of aromatic nitrogens is 1. The van der Waals surface area contributed by atoms with Crippen LogP contribution in [0.2, 0.25) is 0 Å². The standard InChI is InChI=1S/C14H8FNO2/c15-11-8-16-6-5-10(11)14(17)13-7-9-3-1-2-4-12(9)18-13/h1-8H. The van der Waals surface area contributed by atoms with Crippen LogP contribution in [-0.2, 0) is 0 Å². The summed E-state index contributed by atoms with van der Waals surface area (Å²) in [5, 5.41) is 0.815. The van der Waals surface area contributed by atoms with E-state index < -0.39 is 11.6 Å². The van der Waals surface area contributed by atoms with Crippen molar-refractivity contribution in [3.05, 3.63) is 65.9 Å². The van der Waals surface area contributed by atoms with E-state index in [0.29, 0.717) is 5.58 Å². The van der Waals surface area contributed by atoms with Crippen molar-refractivity contribution in [2.24, 2.45) is 0 Å². The lowest BCUT2D eigenvalue weighted by molar-refractivity contribution is 0.101. The second kappa shape index (κ2) is 4.07. The zero-order chi connectivity index (χ0) is 12.5. The van der Waals surface area contributed by atoms with E-state index in [2.05, 4.69) is 4.98 Å². The number of carbonyl (C=O) groups excluding carboxylic acids is 1. The third kappa shape index (κ3) is 1.68. The van der Waals surface area contributed by atoms with E-state index in [0.717, 1.165) is 11.6 Å². The lowest BCUT2D eigenvalue weighted by Crippen LogP contribution is -2.03. The molecular formula is C14H8FNO2. The Morgan fingerprint density at radius 2 is 2.06 bits per heavy atom. The summed E-state index contributed by atoms with van der Waals surface area (Å²) in [6, 6.07) is 10.2. The van der Waals surface area contributed by atoms with Gasteiger partial charge in [0.25, 0.3) is 0 Å². The molecule has 0 unspecified atom stereocenters. The van der Waals surface area contributed by atoms with Gasteiger partial charge in [-0.05, 0) is 18.2 Å². The van der Waals surface area contributed by atoms with E-state index in [4.69, 9.17) is 4.42 Å². The highest BCUT2D eigenvalue weighted by atomic mass is 19.1. The van der Waals surface area contributed by atoms with E-state index in [1.165, 1.54) is 12.3 Å². The van der Waals surface area contributed by atoms with Gasteiger partial charge in [-0.15, -0.1) is 0 Å². The predicted molar refractivity (Wildman–Crippen MR) is 63.8 cm³/mol. The van der Waals surface area contributed by atoms with Gasteiger partial charge in [0.2, 0.25) is 5.78 Å². The van der Waals surface area contributed by atoms with Crippen LogP contribution in [0.4, 0.5) is 4.39 Å². The van der Waals surface area contributed by atoms with Gasteiger partial charge in [0.1, 0.15) is 5.58 Å². The smallest absolute Gasteiger partial charge is 0.231 e. The maximum Gasteiger partial charge on any atom is 0.231 e. The van der Waals surface area contributed by atoms with Crippen molar-refractivity contribution in [1.29, 1.82) is 0 Å². The molecule has 0 aliphatic heterocycles.